The van der Waals surface area contributed by atoms with Gasteiger partial charge in [-0.2, -0.15) is 5.26 Å². The van der Waals surface area contributed by atoms with Crippen molar-refractivity contribution in [3.05, 3.63) is 29.1 Å². The summed E-state index contributed by atoms with van der Waals surface area (Å²) in [5.41, 5.74) is -0.720. The number of nitriles is 1. The molecular formula is C9H6FNO3. The van der Waals surface area contributed by atoms with Crippen molar-refractivity contribution >= 4 is 5.97 Å². The summed E-state index contributed by atoms with van der Waals surface area (Å²) in [6, 6.07) is 3.25. The molecule has 0 spiro atoms. The zero-order valence-electron chi connectivity index (χ0n) is 7.24. The molecular weight excluding hydrogens is 189 g/mol. The van der Waals surface area contributed by atoms with Gasteiger partial charge < -0.3 is 9.84 Å². The number of carbonyl (C=O) groups excluding carboxylic acids is 1. The maximum Gasteiger partial charge on any atom is 0.339 e. The molecule has 0 aliphatic carbocycles. The maximum absolute atomic E-state index is 13.0. The SMILES string of the molecule is COC(=O)c1cc(O)cc(F)c1C#N. The summed E-state index contributed by atoms with van der Waals surface area (Å²) in [6.45, 7) is 0. The van der Waals surface area contributed by atoms with Crippen molar-refractivity contribution in [2.24, 2.45) is 0 Å². The van der Waals surface area contributed by atoms with Crippen LogP contribution < -0.4 is 0 Å². The van der Waals surface area contributed by atoms with Gasteiger partial charge in [0, 0.05) is 6.07 Å². The minimum Gasteiger partial charge on any atom is -0.508 e. The molecule has 0 saturated heterocycles. The second kappa shape index (κ2) is 3.75. The van der Waals surface area contributed by atoms with Gasteiger partial charge in [0.2, 0.25) is 0 Å². The normalized spacial score (nSPS) is 9.21. The lowest BCUT2D eigenvalue weighted by molar-refractivity contribution is 0.0599. The standard InChI is InChI=1S/C9H6FNO3/c1-14-9(13)6-2-5(12)3-8(10)7(6)4-11/h2-3,12H,1H3. The molecule has 0 radical (unpaired) electrons. The molecule has 0 saturated carbocycles. The maximum atomic E-state index is 13.0. The minimum atomic E-state index is -0.951. The highest BCUT2D eigenvalue weighted by molar-refractivity contribution is 5.92. The van der Waals surface area contributed by atoms with E-state index in [0.717, 1.165) is 19.2 Å². The van der Waals surface area contributed by atoms with Crippen molar-refractivity contribution in [3.63, 3.8) is 0 Å². The summed E-state index contributed by atoms with van der Waals surface area (Å²) in [5, 5.41) is 17.6. The van der Waals surface area contributed by atoms with Crippen LogP contribution in [-0.4, -0.2) is 18.2 Å². The highest BCUT2D eigenvalue weighted by Crippen LogP contribution is 2.20. The van der Waals surface area contributed by atoms with Crippen LogP contribution in [0.1, 0.15) is 15.9 Å². The van der Waals surface area contributed by atoms with Crippen LogP contribution in [-0.2, 0) is 4.74 Å². The van der Waals surface area contributed by atoms with E-state index in [0.29, 0.717) is 0 Å². The largest absolute Gasteiger partial charge is 0.508 e. The van der Waals surface area contributed by atoms with Gasteiger partial charge in [-0.3, -0.25) is 0 Å². The number of ether oxygens (including phenoxy) is 1. The van der Waals surface area contributed by atoms with Crippen LogP contribution >= 0.6 is 0 Å². The lowest BCUT2D eigenvalue weighted by atomic mass is 10.1. The fourth-order valence-corrected chi connectivity index (χ4v) is 0.977. The Morgan fingerprint density at radius 1 is 1.64 bits per heavy atom. The lowest BCUT2D eigenvalue weighted by Gasteiger charge is -2.03. The number of hydrogen-bond acceptors (Lipinski definition) is 4. The Morgan fingerprint density at radius 3 is 2.79 bits per heavy atom. The molecule has 0 atom stereocenters. The number of benzene rings is 1. The van der Waals surface area contributed by atoms with E-state index in [2.05, 4.69) is 4.74 Å². The van der Waals surface area contributed by atoms with Crippen LogP contribution in [0.5, 0.6) is 5.75 Å². The van der Waals surface area contributed by atoms with E-state index in [1.807, 2.05) is 0 Å². The Bertz CT molecular complexity index is 423. The van der Waals surface area contributed by atoms with Gasteiger partial charge in [-0.15, -0.1) is 0 Å². The van der Waals surface area contributed by atoms with Crippen LogP contribution in [0.4, 0.5) is 4.39 Å². The van der Waals surface area contributed by atoms with Crippen molar-refractivity contribution in [3.8, 4) is 11.8 Å². The van der Waals surface area contributed by atoms with Crippen LogP contribution in [0, 0.1) is 17.1 Å². The molecule has 0 bridgehead atoms. The van der Waals surface area contributed by atoms with Gasteiger partial charge in [0.25, 0.3) is 0 Å². The topological polar surface area (TPSA) is 70.3 Å². The molecule has 0 amide bonds. The van der Waals surface area contributed by atoms with Gasteiger partial charge in [-0.25, -0.2) is 9.18 Å². The molecule has 0 unspecified atom stereocenters. The fraction of sp³-hybridized carbons (Fsp3) is 0.111. The summed E-state index contributed by atoms with van der Waals surface area (Å²) < 4.78 is 17.3. The monoisotopic (exact) mass is 195 g/mol. The van der Waals surface area contributed by atoms with Crippen LogP contribution in [0.3, 0.4) is 0 Å². The van der Waals surface area contributed by atoms with Crippen molar-refractivity contribution in [1.29, 1.82) is 5.26 Å². The Morgan fingerprint density at radius 2 is 2.29 bits per heavy atom. The number of esters is 1. The van der Waals surface area contributed by atoms with Crippen molar-refractivity contribution in [2.75, 3.05) is 7.11 Å². The summed E-state index contributed by atoms with van der Waals surface area (Å²) in [7, 11) is 1.10. The number of phenolic OH excluding ortho intramolecular Hbond substituents is 1. The summed E-state index contributed by atoms with van der Waals surface area (Å²) in [6.07, 6.45) is 0. The first-order valence-electron chi connectivity index (χ1n) is 3.61. The molecule has 1 aromatic rings. The molecule has 1 N–H and O–H groups in total. The van der Waals surface area contributed by atoms with Gasteiger partial charge in [-0.1, -0.05) is 0 Å². The van der Waals surface area contributed by atoms with Gasteiger partial charge in [-0.05, 0) is 6.07 Å². The Labute approximate surface area is 79.2 Å². The molecule has 0 heterocycles. The van der Waals surface area contributed by atoms with Crippen LogP contribution in [0.25, 0.3) is 0 Å². The highest BCUT2D eigenvalue weighted by atomic mass is 19.1. The van der Waals surface area contributed by atoms with Crippen molar-refractivity contribution < 1.29 is 19.0 Å². The molecule has 1 rings (SSSR count). The summed E-state index contributed by atoms with van der Waals surface area (Å²) in [5.74, 6) is -2.24. The number of nitrogens with zero attached hydrogens (tertiary/aromatic N) is 1. The van der Waals surface area contributed by atoms with E-state index in [9.17, 15) is 9.18 Å². The van der Waals surface area contributed by atoms with Gasteiger partial charge >= 0.3 is 5.97 Å². The molecule has 1 aromatic carbocycles. The molecule has 4 nitrogen and oxygen atoms in total. The highest BCUT2D eigenvalue weighted by Gasteiger charge is 2.17. The first-order chi connectivity index (χ1) is 6.60. The fourth-order valence-electron chi connectivity index (χ4n) is 0.977. The van der Waals surface area contributed by atoms with Gasteiger partial charge in [0.15, 0.2) is 0 Å². The number of carbonyl (C=O) groups is 1. The molecule has 0 aliphatic heterocycles. The van der Waals surface area contributed by atoms with E-state index in [4.69, 9.17) is 10.4 Å². The minimum absolute atomic E-state index is 0.285. The van der Waals surface area contributed by atoms with E-state index in [1.54, 1.807) is 0 Å². The molecule has 14 heavy (non-hydrogen) atoms. The molecule has 0 aliphatic rings. The lowest BCUT2D eigenvalue weighted by Crippen LogP contribution is -2.05. The average Bonchev–Trinajstić information content (AvgIpc) is 2.15. The predicted molar refractivity (Wildman–Crippen MR) is 44.1 cm³/mol. The second-order valence-electron chi connectivity index (χ2n) is 2.45. The van der Waals surface area contributed by atoms with E-state index >= 15 is 0 Å². The third kappa shape index (κ3) is 1.64. The van der Waals surface area contributed by atoms with Crippen LogP contribution in [0.15, 0.2) is 12.1 Å². The number of aromatic hydroxyl groups is 1. The van der Waals surface area contributed by atoms with Crippen molar-refractivity contribution in [2.45, 2.75) is 0 Å². The zero-order valence-corrected chi connectivity index (χ0v) is 7.24. The third-order valence-corrected chi connectivity index (χ3v) is 1.59. The molecule has 72 valence electrons. The average molecular weight is 195 g/mol. The number of halogens is 1. The number of methoxy groups -OCH3 is 1. The Balaban J connectivity index is 3.41. The first-order valence-corrected chi connectivity index (χ1v) is 3.61. The smallest absolute Gasteiger partial charge is 0.339 e. The number of rotatable bonds is 1. The number of hydrogen-bond donors (Lipinski definition) is 1. The van der Waals surface area contributed by atoms with Crippen LogP contribution in [0.2, 0.25) is 0 Å². The van der Waals surface area contributed by atoms with E-state index in [-0.39, 0.29) is 5.56 Å². The summed E-state index contributed by atoms with van der Waals surface area (Å²) >= 11 is 0. The van der Waals surface area contributed by atoms with E-state index < -0.39 is 23.1 Å². The second-order valence-corrected chi connectivity index (χ2v) is 2.45. The van der Waals surface area contributed by atoms with Gasteiger partial charge in [0.05, 0.1) is 12.7 Å². The molecule has 5 heteroatoms. The predicted octanol–water partition coefficient (Wildman–Crippen LogP) is 1.19. The zero-order chi connectivity index (χ0) is 10.7. The molecule has 0 fully saturated rings. The quantitative estimate of drug-likeness (QED) is 0.683. The van der Waals surface area contributed by atoms with E-state index in [1.165, 1.54) is 6.07 Å². The molecule has 0 aromatic heterocycles. The summed E-state index contributed by atoms with van der Waals surface area (Å²) in [4.78, 5) is 11.0. The Hall–Kier alpha value is -2.09. The van der Waals surface area contributed by atoms with Crippen molar-refractivity contribution in [1.82, 2.24) is 0 Å². The Kier molecular flexibility index (Phi) is 2.67. The first kappa shape index (κ1) is 9.99. The van der Waals surface area contributed by atoms with Gasteiger partial charge in [0.1, 0.15) is 23.2 Å². The number of phenols is 1. The third-order valence-electron chi connectivity index (χ3n) is 1.59.